The number of amides is 1. The van der Waals surface area contributed by atoms with E-state index in [1.807, 2.05) is 19.1 Å². The molecule has 0 radical (unpaired) electrons. The normalized spacial score (nSPS) is 12.7. The van der Waals surface area contributed by atoms with E-state index in [0.717, 1.165) is 9.75 Å². The van der Waals surface area contributed by atoms with Crippen molar-refractivity contribution in [3.8, 4) is 11.8 Å². The average molecular weight is 323 g/mol. The lowest BCUT2D eigenvalue weighted by atomic mass is 10.0. The van der Waals surface area contributed by atoms with Crippen LogP contribution in [0, 0.1) is 17.8 Å². The molecule has 2 atom stereocenters. The Hall–Kier alpha value is -1.84. The zero-order chi connectivity index (χ0) is 16.5. The first-order chi connectivity index (χ1) is 10.4. The second-order valence-corrected chi connectivity index (χ2v) is 6.17. The first kappa shape index (κ1) is 18.2. The van der Waals surface area contributed by atoms with Crippen molar-refractivity contribution in [1.29, 1.82) is 0 Å². The molecule has 0 saturated carbocycles. The maximum Gasteiger partial charge on any atom is 0.302 e. The van der Waals surface area contributed by atoms with Crippen LogP contribution >= 0.6 is 11.3 Å². The van der Waals surface area contributed by atoms with Gasteiger partial charge in [-0.1, -0.05) is 18.8 Å². The summed E-state index contributed by atoms with van der Waals surface area (Å²) in [7, 11) is 0. The number of carbonyl (C=O) groups is 2. The van der Waals surface area contributed by atoms with E-state index >= 15 is 0 Å². The van der Waals surface area contributed by atoms with Crippen LogP contribution in [-0.4, -0.2) is 30.2 Å². The first-order valence-corrected chi connectivity index (χ1v) is 7.84. The lowest BCUT2D eigenvalue weighted by Gasteiger charge is -2.20. The van der Waals surface area contributed by atoms with Crippen molar-refractivity contribution in [2.75, 3.05) is 13.2 Å². The minimum absolute atomic E-state index is 0.110. The molecule has 0 fully saturated rings. The highest BCUT2D eigenvalue weighted by molar-refractivity contribution is 7.12. The number of nitrogens with one attached hydrogen (secondary N) is 1. The Morgan fingerprint density at radius 1 is 1.41 bits per heavy atom. The van der Waals surface area contributed by atoms with E-state index in [4.69, 9.17) is 9.84 Å². The Morgan fingerprint density at radius 3 is 2.73 bits per heavy atom. The molecule has 120 valence electrons. The summed E-state index contributed by atoms with van der Waals surface area (Å²) < 4.78 is 5.01. The van der Waals surface area contributed by atoms with Crippen LogP contribution in [0.25, 0.3) is 0 Å². The van der Waals surface area contributed by atoms with Gasteiger partial charge in [0.1, 0.15) is 6.61 Å². The van der Waals surface area contributed by atoms with E-state index in [0.29, 0.717) is 13.0 Å². The number of rotatable bonds is 6. The Kier molecular flexibility index (Phi) is 7.64. The summed E-state index contributed by atoms with van der Waals surface area (Å²) >= 11 is 1.48. The molecule has 1 aromatic heterocycles. The number of thiophene rings is 1. The van der Waals surface area contributed by atoms with Crippen LogP contribution < -0.4 is 5.32 Å². The SMILES string of the molecule is CC(=O)NC(C[C@@H](C)COC(C)=O)c1ccc(C#CCO)s1. The topological polar surface area (TPSA) is 75.6 Å². The van der Waals surface area contributed by atoms with Gasteiger partial charge >= 0.3 is 5.97 Å². The van der Waals surface area contributed by atoms with Crippen LogP contribution in [0.5, 0.6) is 0 Å². The van der Waals surface area contributed by atoms with E-state index in [1.165, 1.54) is 25.2 Å². The summed E-state index contributed by atoms with van der Waals surface area (Å²) in [6.45, 7) is 4.97. The summed E-state index contributed by atoms with van der Waals surface area (Å²) in [5, 5.41) is 11.6. The van der Waals surface area contributed by atoms with Gasteiger partial charge in [-0.25, -0.2) is 0 Å². The van der Waals surface area contributed by atoms with Crippen LogP contribution in [0.15, 0.2) is 12.1 Å². The van der Waals surface area contributed by atoms with Gasteiger partial charge in [-0.3, -0.25) is 9.59 Å². The van der Waals surface area contributed by atoms with Crippen molar-refractivity contribution in [2.24, 2.45) is 5.92 Å². The highest BCUT2D eigenvalue weighted by Gasteiger charge is 2.19. The summed E-state index contributed by atoms with van der Waals surface area (Å²) in [6.07, 6.45) is 0.667. The zero-order valence-corrected chi connectivity index (χ0v) is 13.8. The number of carbonyl (C=O) groups excluding carboxylic acids is 2. The molecule has 1 amide bonds. The molecule has 0 aliphatic carbocycles. The number of hydrogen-bond acceptors (Lipinski definition) is 5. The van der Waals surface area contributed by atoms with Crippen LogP contribution in [-0.2, 0) is 14.3 Å². The van der Waals surface area contributed by atoms with Gasteiger partial charge < -0.3 is 15.2 Å². The number of esters is 1. The Morgan fingerprint density at radius 2 is 2.14 bits per heavy atom. The van der Waals surface area contributed by atoms with Crippen molar-refractivity contribution in [2.45, 2.75) is 33.2 Å². The molecule has 1 aromatic rings. The molecule has 0 aromatic carbocycles. The maximum atomic E-state index is 11.4. The van der Waals surface area contributed by atoms with Crippen LogP contribution in [0.4, 0.5) is 0 Å². The van der Waals surface area contributed by atoms with Crippen LogP contribution in [0.3, 0.4) is 0 Å². The second-order valence-electron chi connectivity index (χ2n) is 5.06. The molecule has 22 heavy (non-hydrogen) atoms. The van der Waals surface area contributed by atoms with Gasteiger partial charge in [0.2, 0.25) is 5.91 Å². The van der Waals surface area contributed by atoms with Crippen molar-refractivity contribution in [3.05, 3.63) is 21.9 Å². The van der Waals surface area contributed by atoms with E-state index in [1.54, 1.807) is 0 Å². The molecule has 2 N–H and O–H groups in total. The minimum Gasteiger partial charge on any atom is -0.466 e. The molecule has 0 aliphatic heterocycles. The van der Waals surface area contributed by atoms with Crippen LogP contribution in [0.1, 0.15) is 43.0 Å². The second kappa shape index (κ2) is 9.23. The van der Waals surface area contributed by atoms with Crippen molar-refractivity contribution in [3.63, 3.8) is 0 Å². The van der Waals surface area contributed by atoms with Gasteiger partial charge in [0.15, 0.2) is 0 Å². The standard InChI is InChI=1S/C16H21NO4S/c1-11(10-21-13(3)20)9-15(17-12(2)19)16-7-6-14(22-16)5-4-8-18/h6-7,11,15,18H,8-10H2,1-3H3,(H,17,19)/t11-,15?/m1/s1. The monoisotopic (exact) mass is 323 g/mol. The lowest BCUT2D eigenvalue weighted by molar-refractivity contribution is -0.142. The van der Waals surface area contributed by atoms with Gasteiger partial charge in [0.05, 0.1) is 17.5 Å². The largest absolute Gasteiger partial charge is 0.466 e. The number of hydrogen-bond donors (Lipinski definition) is 2. The Labute approximate surface area is 134 Å². The molecular weight excluding hydrogens is 302 g/mol. The fourth-order valence-electron chi connectivity index (χ4n) is 1.96. The number of aliphatic hydroxyl groups excluding tert-OH is 1. The van der Waals surface area contributed by atoms with Gasteiger partial charge in [-0.05, 0) is 24.5 Å². The van der Waals surface area contributed by atoms with Crippen molar-refractivity contribution < 1.29 is 19.4 Å². The van der Waals surface area contributed by atoms with Crippen molar-refractivity contribution in [1.82, 2.24) is 5.32 Å². The highest BCUT2D eigenvalue weighted by Crippen LogP contribution is 2.28. The Balaban J connectivity index is 2.77. The fraction of sp³-hybridized carbons (Fsp3) is 0.500. The van der Waals surface area contributed by atoms with Crippen molar-refractivity contribution >= 4 is 23.2 Å². The molecule has 1 rings (SSSR count). The van der Waals surface area contributed by atoms with Gasteiger partial charge in [0.25, 0.3) is 0 Å². The third-order valence-electron chi connectivity index (χ3n) is 2.85. The predicted octanol–water partition coefficient (Wildman–Crippen LogP) is 1.86. The first-order valence-electron chi connectivity index (χ1n) is 7.02. The summed E-state index contributed by atoms with van der Waals surface area (Å²) in [5.41, 5.74) is 0. The molecule has 1 unspecified atom stereocenters. The highest BCUT2D eigenvalue weighted by atomic mass is 32.1. The quantitative estimate of drug-likeness (QED) is 0.619. The van der Waals surface area contributed by atoms with Gasteiger partial charge in [0, 0.05) is 18.7 Å². The number of aliphatic hydroxyl groups is 1. The molecule has 0 bridgehead atoms. The molecule has 5 nitrogen and oxygen atoms in total. The minimum atomic E-state index is -0.305. The molecule has 1 heterocycles. The number of ether oxygens (including phenoxy) is 1. The summed E-state index contributed by atoms with van der Waals surface area (Å²) in [5.74, 6) is 5.16. The van der Waals surface area contributed by atoms with E-state index in [2.05, 4.69) is 17.2 Å². The van der Waals surface area contributed by atoms with Gasteiger partial charge in [-0.15, -0.1) is 11.3 Å². The molecule has 0 saturated heterocycles. The fourth-order valence-corrected chi connectivity index (χ4v) is 2.90. The molecule has 0 spiro atoms. The third kappa shape index (κ3) is 6.74. The molecular formula is C16H21NO4S. The average Bonchev–Trinajstić information content (AvgIpc) is 2.90. The van der Waals surface area contributed by atoms with Crippen LogP contribution in [0.2, 0.25) is 0 Å². The molecule has 0 aliphatic rings. The third-order valence-corrected chi connectivity index (χ3v) is 3.96. The smallest absolute Gasteiger partial charge is 0.302 e. The maximum absolute atomic E-state index is 11.4. The molecule has 6 heteroatoms. The van der Waals surface area contributed by atoms with E-state index in [-0.39, 0.29) is 30.4 Å². The Bertz CT molecular complexity index is 570. The summed E-state index contributed by atoms with van der Waals surface area (Å²) in [6, 6.07) is 3.65. The summed E-state index contributed by atoms with van der Waals surface area (Å²) in [4.78, 5) is 24.1. The van der Waals surface area contributed by atoms with Gasteiger partial charge in [-0.2, -0.15) is 0 Å². The lowest BCUT2D eigenvalue weighted by Crippen LogP contribution is -2.27. The van der Waals surface area contributed by atoms with E-state index < -0.39 is 0 Å². The predicted molar refractivity (Wildman–Crippen MR) is 85.3 cm³/mol. The van der Waals surface area contributed by atoms with E-state index in [9.17, 15) is 9.59 Å². The zero-order valence-electron chi connectivity index (χ0n) is 13.0.